The molecule has 24 heavy (non-hydrogen) atoms. The lowest BCUT2D eigenvalue weighted by molar-refractivity contribution is -0.275. The standard InChI is InChI=1S/C14H15BrF6N2O/c15-9-1-2-12(24-14(19,20)21)10(7-9)11(8-13(16,17)18)23-5-3-22-4-6-23/h1-2,7,11,22H,3-6,8H2/t11-/m0/s1. The molecule has 1 fully saturated rings. The molecule has 1 atom stereocenters. The van der Waals surface area contributed by atoms with Gasteiger partial charge in [-0.15, -0.1) is 13.2 Å². The minimum atomic E-state index is -4.98. The number of alkyl halides is 6. The minimum Gasteiger partial charge on any atom is -0.405 e. The SMILES string of the molecule is FC(F)(F)C[C@@H](c1cc(Br)ccc1OC(F)(F)F)N1CCNCC1. The first-order chi connectivity index (χ1) is 11.1. The van der Waals surface area contributed by atoms with Crippen LogP contribution in [0.1, 0.15) is 18.0 Å². The Labute approximate surface area is 143 Å². The Hall–Kier alpha value is -1.00. The Balaban J connectivity index is 2.41. The normalized spacial score (nSPS) is 18.5. The number of benzene rings is 1. The predicted octanol–water partition coefficient (Wildman–Crippen LogP) is 4.25. The summed E-state index contributed by atoms with van der Waals surface area (Å²) in [4.78, 5) is 1.52. The van der Waals surface area contributed by atoms with Gasteiger partial charge in [0.15, 0.2) is 0 Å². The summed E-state index contributed by atoms with van der Waals surface area (Å²) in [5.41, 5.74) is -0.138. The van der Waals surface area contributed by atoms with Gasteiger partial charge in [-0.3, -0.25) is 4.90 Å². The number of nitrogens with one attached hydrogen (secondary N) is 1. The fraction of sp³-hybridized carbons (Fsp3) is 0.571. The number of rotatable bonds is 4. The van der Waals surface area contributed by atoms with Gasteiger partial charge in [-0.05, 0) is 18.2 Å². The molecule has 1 aliphatic rings. The summed E-state index contributed by atoms with van der Waals surface area (Å²) in [5, 5.41) is 3.00. The fourth-order valence-electron chi connectivity index (χ4n) is 2.65. The third kappa shape index (κ3) is 5.82. The Kier molecular flexibility index (Phi) is 6.03. The van der Waals surface area contributed by atoms with Crippen LogP contribution in [0, 0.1) is 0 Å². The van der Waals surface area contributed by atoms with Crippen molar-refractivity contribution >= 4 is 15.9 Å². The van der Waals surface area contributed by atoms with Crippen molar-refractivity contribution in [1.82, 2.24) is 10.2 Å². The highest BCUT2D eigenvalue weighted by atomic mass is 79.9. The second-order valence-corrected chi connectivity index (χ2v) is 6.27. The molecule has 1 heterocycles. The van der Waals surface area contributed by atoms with Gasteiger partial charge in [0.05, 0.1) is 6.42 Å². The second kappa shape index (κ2) is 7.49. The van der Waals surface area contributed by atoms with Crippen LogP contribution in [0.15, 0.2) is 22.7 Å². The number of nitrogens with zero attached hydrogens (tertiary/aromatic N) is 1. The van der Waals surface area contributed by atoms with E-state index in [1.807, 2.05) is 0 Å². The molecule has 136 valence electrons. The molecule has 0 unspecified atom stereocenters. The van der Waals surface area contributed by atoms with E-state index in [1.54, 1.807) is 0 Å². The first-order valence-corrected chi connectivity index (χ1v) is 7.91. The van der Waals surface area contributed by atoms with Crippen molar-refractivity contribution in [2.24, 2.45) is 0 Å². The summed E-state index contributed by atoms with van der Waals surface area (Å²) in [6.07, 6.45) is -10.8. The Morgan fingerprint density at radius 3 is 2.29 bits per heavy atom. The molecule has 3 nitrogen and oxygen atoms in total. The third-order valence-corrected chi connectivity index (χ3v) is 4.07. The summed E-state index contributed by atoms with van der Waals surface area (Å²) in [6, 6.07) is 2.33. The van der Waals surface area contributed by atoms with Gasteiger partial charge in [-0.2, -0.15) is 13.2 Å². The van der Waals surface area contributed by atoms with Gasteiger partial charge in [0.1, 0.15) is 5.75 Å². The van der Waals surface area contributed by atoms with E-state index >= 15 is 0 Å². The topological polar surface area (TPSA) is 24.5 Å². The molecule has 0 spiro atoms. The van der Waals surface area contributed by atoms with Crippen molar-refractivity contribution in [2.75, 3.05) is 26.2 Å². The maximum atomic E-state index is 13.0. The van der Waals surface area contributed by atoms with E-state index in [4.69, 9.17) is 0 Å². The van der Waals surface area contributed by atoms with E-state index in [9.17, 15) is 26.3 Å². The number of hydrogen-bond donors (Lipinski definition) is 1. The van der Waals surface area contributed by atoms with Crippen LogP contribution in [0.2, 0.25) is 0 Å². The molecule has 1 N–H and O–H groups in total. The summed E-state index contributed by atoms with van der Waals surface area (Å²) in [5.74, 6) is -0.613. The third-order valence-electron chi connectivity index (χ3n) is 3.57. The Bertz CT molecular complexity index is 557. The van der Waals surface area contributed by atoms with Gasteiger partial charge in [0, 0.05) is 42.3 Å². The first kappa shape index (κ1) is 19.3. The van der Waals surface area contributed by atoms with Gasteiger partial charge in [0.2, 0.25) is 0 Å². The maximum absolute atomic E-state index is 13.0. The molecule has 10 heteroatoms. The van der Waals surface area contributed by atoms with Gasteiger partial charge in [0.25, 0.3) is 0 Å². The van der Waals surface area contributed by atoms with E-state index in [2.05, 4.69) is 26.0 Å². The zero-order valence-electron chi connectivity index (χ0n) is 12.3. The van der Waals surface area contributed by atoms with Crippen LogP contribution >= 0.6 is 15.9 Å². The number of piperazine rings is 1. The molecule has 1 aromatic carbocycles. The molecule has 0 amide bonds. The summed E-state index contributed by atoms with van der Waals surface area (Å²) < 4.78 is 81.1. The van der Waals surface area contributed by atoms with E-state index in [1.165, 1.54) is 17.0 Å². The molecule has 2 rings (SSSR count). The smallest absolute Gasteiger partial charge is 0.405 e. The predicted molar refractivity (Wildman–Crippen MR) is 78.7 cm³/mol. The lowest BCUT2D eigenvalue weighted by atomic mass is 9.99. The Morgan fingerprint density at radius 1 is 1.12 bits per heavy atom. The monoisotopic (exact) mass is 420 g/mol. The van der Waals surface area contributed by atoms with Crippen LogP contribution in [0.5, 0.6) is 5.75 Å². The maximum Gasteiger partial charge on any atom is 0.573 e. The lowest BCUT2D eigenvalue weighted by Gasteiger charge is -2.36. The second-order valence-electron chi connectivity index (χ2n) is 5.35. The summed E-state index contributed by atoms with van der Waals surface area (Å²) >= 11 is 3.10. The van der Waals surface area contributed by atoms with E-state index < -0.39 is 30.8 Å². The van der Waals surface area contributed by atoms with Gasteiger partial charge >= 0.3 is 12.5 Å². The molecule has 1 aliphatic heterocycles. The molecule has 1 saturated heterocycles. The highest BCUT2D eigenvalue weighted by Crippen LogP contribution is 2.40. The molecular formula is C14H15BrF6N2O. The minimum absolute atomic E-state index is 0.138. The highest BCUT2D eigenvalue weighted by molar-refractivity contribution is 9.10. The van der Waals surface area contributed by atoms with Crippen molar-refractivity contribution in [1.29, 1.82) is 0 Å². The van der Waals surface area contributed by atoms with Crippen molar-refractivity contribution in [3.63, 3.8) is 0 Å². The highest BCUT2D eigenvalue weighted by Gasteiger charge is 2.39. The van der Waals surface area contributed by atoms with Crippen LogP contribution in [0.4, 0.5) is 26.3 Å². The van der Waals surface area contributed by atoms with Crippen molar-refractivity contribution in [2.45, 2.75) is 25.0 Å². The average molecular weight is 421 g/mol. The number of hydrogen-bond acceptors (Lipinski definition) is 3. The number of halogens is 7. The first-order valence-electron chi connectivity index (χ1n) is 7.12. The van der Waals surface area contributed by atoms with Crippen LogP contribution < -0.4 is 10.1 Å². The molecular weight excluding hydrogens is 406 g/mol. The number of ether oxygens (including phenoxy) is 1. The fourth-order valence-corrected chi connectivity index (χ4v) is 3.02. The van der Waals surface area contributed by atoms with E-state index in [0.717, 1.165) is 6.07 Å². The van der Waals surface area contributed by atoms with Crippen LogP contribution in [0.25, 0.3) is 0 Å². The van der Waals surface area contributed by atoms with Crippen LogP contribution in [-0.4, -0.2) is 43.6 Å². The van der Waals surface area contributed by atoms with Crippen molar-refractivity contribution < 1.29 is 31.1 Å². The van der Waals surface area contributed by atoms with E-state index in [0.29, 0.717) is 30.7 Å². The van der Waals surface area contributed by atoms with Gasteiger partial charge in [-0.25, -0.2) is 0 Å². The van der Waals surface area contributed by atoms with Crippen molar-refractivity contribution in [3.05, 3.63) is 28.2 Å². The largest absolute Gasteiger partial charge is 0.573 e. The zero-order valence-corrected chi connectivity index (χ0v) is 13.9. The van der Waals surface area contributed by atoms with Crippen LogP contribution in [-0.2, 0) is 0 Å². The molecule has 1 aromatic rings. The van der Waals surface area contributed by atoms with Gasteiger partial charge in [-0.1, -0.05) is 15.9 Å². The average Bonchev–Trinajstić information content (AvgIpc) is 2.45. The summed E-state index contributed by atoms with van der Waals surface area (Å²) in [7, 11) is 0. The van der Waals surface area contributed by atoms with Crippen LogP contribution in [0.3, 0.4) is 0 Å². The van der Waals surface area contributed by atoms with E-state index in [-0.39, 0.29) is 5.56 Å². The zero-order chi connectivity index (χ0) is 18.0. The van der Waals surface area contributed by atoms with Crippen molar-refractivity contribution in [3.8, 4) is 5.75 Å². The molecule has 0 radical (unpaired) electrons. The summed E-state index contributed by atoms with van der Waals surface area (Å²) in [6.45, 7) is 1.55. The quantitative estimate of drug-likeness (QED) is 0.737. The molecule has 0 bridgehead atoms. The molecule has 0 aromatic heterocycles. The van der Waals surface area contributed by atoms with Gasteiger partial charge < -0.3 is 10.1 Å². The molecule has 0 saturated carbocycles. The molecule has 0 aliphatic carbocycles. The Morgan fingerprint density at radius 2 is 1.75 bits per heavy atom. The lowest BCUT2D eigenvalue weighted by Crippen LogP contribution is -2.46.